The van der Waals surface area contributed by atoms with Crippen LogP contribution in [-0.2, 0) is 24.4 Å². The summed E-state index contributed by atoms with van der Waals surface area (Å²) in [6.07, 6.45) is 2.47. The normalized spacial score (nSPS) is 12.2. The molecule has 0 bridgehead atoms. The van der Waals surface area contributed by atoms with E-state index in [0.29, 0.717) is 30.2 Å². The third-order valence-corrected chi connectivity index (χ3v) is 6.39. The van der Waals surface area contributed by atoms with E-state index in [1.807, 2.05) is 67.6 Å². The lowest BCUT2D eigenvalue weighted by atomic mass is 10.0. The summed E-state index contributed by atoms with van der Waals surface area (Å²) in [5.74, 6) is 0.162. The van der Waals surface area contributed by atoms with Crippen LogP contribution in [0.3, 0.4) is 0 Å². The number of aryl methyl sites for hydroxylation is 1. The molecule has 1 unspecified atom stereocenters. The van der Waals surface area contributed by atoms with Gasteiger partial charge in [-0.15, -0.1) is 0 Å². The first-order chi connectivity index (χ1) is 17.3. The minimum atomic E-state index is -0.545. The fourth-order valence-corrected chi connectivity index (χ4v) is 4.22. The summed E-state index contributed by atoms with van der Waals surface area (Å²) in [6.45, 7) is 7.17. The van der Waals surface area contributed by atoms with Gasteiger partial charge >= 0.3 is 5.69 Å². The fraction of sp³-hybridized carbons (Fsp3) is 0.357. The van der Waals surface area contributed by atoms with Crippen molar-refractivity contribution in [3.63, 3.8) is 0 Å². The van der Waals surface area contributed by atoms with Crippen molar-refractivity contribution in [3.8, 4) is 0 Å². The lowest BCUT2D eigenvalue weighted by molar-refractivity contribution is -0.121. The molecule has 0 saturated carbocycles. The number of benzene rings is 2. The standard InChI is InChI=1S/C28H33N5O3/c1-20(2)14-15-31-19-30-26-25(31)27(35)33(28(36)32(26)17-22-10-6-4-7-11-22)18-24(34)29-16-21(3)23-12-8-5-9-13-23/h4-13,19-21H,14-18H2,1-3H3,(H,29,34). The lowest BCUT2D eigenvalue weighted by Gasteiger charge is -2.15. The zero-order valence-electron chi connectivity index (χ0n) is 21.1. The monoisotopic (exact) mass is 487 g/mol. The number of hydrogen-bond donors (Lipinski definition) is 1. The van der Waals surface area contributed by atoms with E-state index < -0.39 is 11.2 Å². The summed E-state index contributed by atoms with van der Waals surface area (Å²) in [5.41, 5.74) is 1.66. The maximum atomic E-state index is 13.5. The van der Waals surface area contributed by atoms with Gasteiger partial charge in [-0.2, -0.15) is 0 Å². The second-order valence-corrected chi connectivity index (χ2v) is 9.65. The van der Waals surface area contributed by atoms with Crippen LogP contribution in [-0.4, -0.2) is 31.1 Å². The number of nitrogens with zero attached hydrogens (tertiary/aromatic N) is 4. The average molecular weight is 488 g/mol. The smallest absolute Gasteiger partial charge is 0.333 e. The van der Waals surface area contributed by atoms with Crippen LogP contribution in [0, 0.1) is 5.92 Å². The van der Waals surface area contributed by atoms with Gasteiger partial charge < -0.3 is 9.88 Å². The first-order valence-corrected chi connectivity index (χ1v) is 12.4. The van der Waals surface area contributed by atoms with Gasteiger partial charge in [-0.1, -0.05) is 81.4 Å². The number of hydrogen-bond acceptors (Lipinski definition) is 4. The average Bonchev–Trinajstić information content (AvgIpc) is 3.31. The molecule has 2 aromatic carbocycles. The summed E-state index contributed by atoms with van der Waals surface area (Å²) in [5, 5.41) is 2.88. The first-order valence-electron chi connectivity index (χ1n) is 12.4. The maximum absolute atomic E-state index is 13.5. The number of rotatable bonds is 10. The number of aromatic nitrogens is 4. The largest absolute Gasteiger partial charge is 0.354 e. The van der Waals surface area contributed by atoms with Crippen molar-refractivity contribution >= 4 is 17.1 Å². The Morgan fingerprint density at radius 2 is 1.61 bits per heavy atom. The molecule has 1 atom stereocenters. The minimum absolute atomic E-state index is 0.0987. The molecule has 8 heteroatoms. The van der Waals surface area contributed by atoms with Crippen LogP contribution in [0.4, 0.5) is 0 Å². The first kappa shape index (κ1) is 25.2. The Balaban J connectivity index is 1.66. The van der Waals surface area contributed by atoms with E-state index >= 15 is 0 Å². The molecule has 4 rings (SSSR count). The third kappa shape index (κ3) is 5.64. The summed E-state index contributed by atoms with van der Waals surface area (Å²) in [6, 6.07) is 19.4. The van der Waals surface area contributed by atoms with Gasteiger partial charge in [0.05, 0.1) is 12.9 Å². The summed E-state index contributed by atoms with van der Waals surface area (Å²) in [4.78, 5) is 44.3. The van der Waals surface area contributed by atoms with Gasteiger partial charge in [-0.3, -0.25) is 14.2 Å². The predicted molar refractivity (Wildman–Crippen MR) is 141 cm³/mol. The molecule has 0 aliphatic heterocycles. The van der Waals surface area contributed by atoms with Gasteiger partial charge in [0, 0.05) is 13.1 Å². The molecule has 0 fully saturated rings. The Bertz CT molecular complexity index is 1440. The number of fused-ring (bicyclic) bond motifs is 1. The summed E-state index contributed by atoms with van der Waals surface area (Å²) < 4.78 is 4.31. The molecule has 0 saturated heterocycles. The number of amides is 1. The molecule has 0 spiro atoms. The zero-order chi connectivity index (χ0) is 25.7. The van der Waals surface area contributed by atoms with Gasteiger partial charge in [0.15, 0.2) is 11.2 Å². The van der Waals surface area contributed by atoms with Crippen LogP contribution in [0.5, 0.6) is 0 Å². The molecular formula is C28H33N5O3. The van der Waals surface area contributed by atoms with Crippen molar-refractivity contribution in [2.75, 3.05) is 6.54 Å². The van der Waals surface area contributed by atoms with Gasteiger partial charge in [-0.25, -0.2) is 14.3 Å². The van der Waals surface area contributed by atoms with E-state index in [9.17, 15) is 14.4 Å². The van der Waals surface area contributed by atoms with Gasteiger partial charge in [0.25, 0.3) is 5.56 Å². The summed E-state index contributed by atoms with van der Waals surface area (Å²) >= 11 is 0. The van der Waals surface area contributed by atoms with Crippen LogP contribution < -0.4 is 16.6 Å². The minimum Gasteiger partial charge on any atom is -0.354 e. The predicted octanol–water partition coefficient (Wildman–Crippen LogP) is 3.37. The Kier molecular flexibility index (Phi) is 7.83. The second-order valence-electron chi connectivity index (χ2n) is 9.65. The zero-order valence-corrected chi connectivity index (χ0v) is 21.1. The summed E-state index contributed by atoms with van der Waals surface area (Å²) in [7, 11) is 0. The van der Waals surface area contributed by atoms with Crippen LogP contribution in [0.25, 0.3) is 11.2 Å². The van der Waals surface area contributed by atoms with Crippen LogP contribution in [0.1, 0.15) is 44.2 Å². The van der Waals surface area contributed by atoms with E-state index in [1.54, 1.807) is 10.9 Å². The molecule has 0 radical (unpaired) electrons. The number of carbonyl (C=O) groups excluding carboxylic acids is 1. The SMILES string of the molecule is CC(C)CCn1cnc2c1c(=O)n(CC(=O)NCC(C)c1ccccc1)c(=O)n2Cc1ccccc1. The quantitative estimate of drug-likeness (QED) is 0.371. The topological polar surface area (TPSA) is 90.9 Å². The molecule has 36 heavy (non-hydrogen) atoms. The van der Waals surface area contributed by atoms with Crippen LogP contribution >= 0.6 is 0 Å². The molecule has 8 nitrogen and oxygen atoms in total. The van der Waals surface area contributed by atoms with Gasteiger partial charge in [-0.05, 0) is 29.4 Å². The van der Waals surface area contributed by atoms with Gasteiger partial charge in [0.1, 0.15) is 6.54 Å². The van der Waals surface area contributed by atoms with Crippen molar-refractivity contribution in [3.05, 3.63) is 99.0 Å². The Labute approximate surface area is 210 Å². The molecule has 2 aromatic heterocycles. The maximum Gasteiger partial charge on any atom is 0.333 e. The number of carbonyl (C=O) groups is 1. The fourth-order valence-electron chi connectivity index (χ4n) is 4.22. The van der Waals surface area contributed by atoms with Gasteiger partial charge in [0.2, 0.25) is 5.91 Å². The number of imidazole rings is 1. The van der Waals surface area contributed by atoms with E-state index in [1.165, 1.54) is 4.57 Å². The molecule has 1 N–H and O–H groups in total. The number of nitrogens with one attached hydrogen (secondary N) is 1. The molecule has 188 valence electrons. The Hall–Kier alpha value is -3.94. The highest BCUT2D eigenvalue weighted by Crippen LogP contribution is 2.14. The van der Waals surface area contributed by atoms with Crippen molar-refractivity contribution in [1.82, 2.24) is 24.0 Å². The molecule has 0 aliphatic rings. The molecule has 4 aromatic rings. The van der Waals surface area contributed by atoms with Crippen molar-refractivity contribution < 1.29 is 4.79 Å². The van der Waals surface area contributed by atoms with Crippen molar-refractivity contribution in [2.45, 2.75) is 52.7 Å². The highest BCUT2D eigenvalue weighted by atomic mass is 16.2. The molecular weight excluding hydrogens is 454 g/mol. The van der Waals surface area contributed by atoms with Crippen molar-refractivity contribution in [1.29, 1.82) is 0 Å². The van der Waals surface area contributed by atoms with E-state index in [-0.39, 0.29) is 24.9 Å². The van der Waals surface area contributed by atoms with Crippen LogP contribution in [0.15, 0.2) is 76.6 Å². The highest BCUT2D eigenvalue weighted by Gasteiger charge is 2.20. The second kappa shape index (κ2) is 11.2. The Morgan fingerprint density at radius 1 is 0.944 bits per heavy atom. The molecule has 2 heterocycles. The highest BCUT2D eigenvalue weighted by molar-refractivity contribution is 5.76. The molecule has 0 aliphatic carbocycles. The van der Waals surface area contributed by atoms with Crippen molar-refractivity contribution in [2.24, 2.45) is 5.92 Å². The van der Waals surface area contributed by atoms with Crippen LogP contribution in [0.2, 0.25) is 0 Å². The third-order valence-electron chi connectivity index (χ3n) is 6.39. The molecule has 1 amide bonds. The van der Waals surface area contributed by atoms with E-state index in [4.69, 9.17) is 0 Å². The Morgan fingerprint density at radius 3 is 2.28 bits per heavy atom. The lowest BCUT2D eigenvalue weighted by Crippen LogP contribution is -2.44. The van der Waals surface area contributed by atoms with E-state index in [0.717, 1.165) is 22.1 Å². The van der Waals surface area contributed by atoms with E-state index in [2.05, 4.69) is 24.1 Å².